The maximum Gasteiger partial charge on any atom is 0.194 e. The fraction of sp³-hybridized carbons (Fsp3) is 0.318. The van der Waals surface area contributed by atoms with E-state index in [1.807, 2.05) is 50.4 Å². The van der Waals surface area contributed by atoms with E-state index in [0.717, 1.165) is 35.5 Å². The van der Waals surface area contributed by atoms with E-state index in [-0.39, 0.29) is 5.43 Å². The predicted octanol–water partition coefficient (Wildman–Crippen LogP) is 4.26. The summed E-state index contributed by atoms with van der Waals surface area (Å²) in [4.78, 5) is 18.6. The second-order valence-electron chi connectivity index (χ2n) is 6.77. The van der Waals surface area contributed by atoms with Gasteiger partial charge in [-0.1, -0.05) is 37.3 Å². The van der Waals surface area contributed by atoms with Crippen molar-refractivity contribution in [3.05, 3.63) is 75.6 Å². The fourth-order valence-corrected chi connectivity index (χ4v) is 3.15. The topological polar surface area (TPSA) is 45.3 Å². The Morgan fingerprint density at radius 1 is 1.08 bits per heavy atom. The lowest BCUT2D eigenvalue weighted by molar-refractivity contribution is 0.316. The third-order valence-corrected chi connectivity index (χ3v) is 4.48. The predicted molar refractivity (Wildman–Crippen MR) is 107 cm³/mol. The Labute approximate surface area is 154 Å². The molecule has 0 aliphatic heterocycles. The van der Waals surface area contributed by atoms with Crippen LogP contribution in [0.4, 0.5) is 0 Å². The van der Waals surface area contributed by atoms with Crippen LogP contribution in [-0.4, -0.2) is 23.5 Å². The van der Waals surface area contributed by atoms with E-state index in [0.29, 0.717) is 18.5 Å². The van der Waals surface area contributed by atoms with E-state index in [1.54, 1.807) is 0 Å². The van der Waals surface area contributed by atoms with Crippen LogP contribution < -0.4 is 10.2 Å². The van der Waals surface area contributed by atoms with E-state index in [2.05, 4.69) is 28.9 Å². The van der Waals surface area contributed by atoms with Crippen molar-refractivity contribution >= 4 is 10.9 Å². The summed E-state index contributed by atoms with van der Waals surface area (Å²) >= 11 is 0. The van der Waals surface area contributed by atoms with Crippen molar-refractivity contribution in [3.8, 4) is 5.75 Å². The highest BCUT2D eigenvalue weighted by atomic mass is 16.5. The Hall–Kier alpha value is -2.59. The molecule has 0 aliphatic carbocycles. The number of nitrogens with zero attached hydrogens (tertiary/aromatic N) is 1. The van der Waals surface area contributed by atoms with E-state index in [9.17, 15) is 4.79 Å². The molecule has 3 aromatic rings. The average Bonchev–Trinajstić information content (AvgIpc) is 2.64. The van der Waals surface area contributed by atoms with Gasteiger partial charge >= 0.3 is 0 Å². The zero-order valence-corrected chi connectivity index (χ0v) is 15.7. The van der Waals surface area contributed by atoms with Crippen molar-refractivity contribution in [2.75, 3.05) is 13.7 Å². The Morgan fingerprint density at radius 2 is 1.85 bits per heavy atom. The molecule has 0 atom stereocenters. The van der Waals surface area contributed by atoms with Crippen LogP contribution in [0.3, 0.4) is 0 Å². The van der Waals surface area contributed by atoms with Gasteiger partial charge in [0.1, 0.15) is 5.75 Å². The number of H-pyrrole nitrogens is 1. The number of fused-ring (bicyclic) bond motifs is 1. The molecule has 136 valence electrons. The third-order valence-electron chi connectivity index (χ3n) is 4.48. The highest BCUT2D eigenvalue weighted by molar-refractivity contribution is 5.81. The van der Waals surface area contributed by atoms with Crippen LogP contribution in [0.2, 0.25) is 0 Å². The van der Waals surface area contributed by atoms with Gasteiger partial charge in [-0.25, -0.2) is 0 Å². The van der Waals surface area contributed by atoms with Gasteiger partial charge in [0.2, 0.25) is 0 Å². The molecule has 0 saturated carbocycles. The minimum atomic E-state index is 0.0816. The van der Waals surface area contributed by atoms with Gasteiger partial charge in [-0.2, -0.15) is 0 Å². The Kier molecular flexibility index (Phi) is 5.74. The number of hydrogen-bond acceptors (Lipinski definition) is 3. The van der Waals surface area contributed by atoms with Crippen LogP contribution in [0, 0.1) is 6.92 Å². The van der Waals surface area contributed by atoms with E-state index < -0.39 is 0 Å². The van der Waals surface area contributed by atoms with Crippen molar-refractivity contribution in [2.24, 2.45) is 0 Å². The summed E-state index contributed by atoms with van der Waals surface area (Å²) in [5, 5.41) is 0.687. The average molecular weight is 350 g/mol. The van der Waals surface area contributed by atoms with Crippen LogP contribution in [-0.2, 0) is 13.1 Å². The number of benzene rings is 2. The van der Waals surface area contributed by atoms with Gasteiger partial charge in [0.15, 0.2) is 5.43 Å². The zero-order chi connectivity index (χ0) is 18.5. The molecule has 0 unspecified atom stereocenters. The molecule has 1 aromatic heterocycles. The summed E-state index contributed by atoms with van der Waals surface area (Å²) in [7, 11) is 2.04. The first-order valence-corrected chi connectivity index (χ1v) is 9.09. The SMILES string of the molecule is CCCOc1ccc2[nH]c(C)c(CN(C)Cc3ccccc3)c(=O)c2c1. The lowest BCUT2D eigenvalue weighted by Crippen LogP contribution is -2.24. The molecule has 0 spiro atoms. The summed E-state index contributed by atoms with van der Waals surface area (Å²) in [6, 6.07) is 16.0. The smallest absolute Gasteiger partial charge is 0.194 e. The number of pyridine rings is 1. The van der Waals surface area contributed by atoms with Crippen LogP contribution in [0.1, 0.15) is 30.2 Å². The molecule has 4 nitrogen and oxygen atoms in total. The molecular weight excluding hydrogens is 324 g/mol. The lowest BCUT2D eigenvalue weighted by atomic mass is 10.1. The van der Waals surface area contributed by atoms with Gasteiger partial charge in [0.05, 0.1) is 6.61 Å². The number of nitrogens with one attached hydrogen (secondary N) is 1. The van der Waals surface area contributed by atoms with Gasteiger partial charge < -0.3 is 9.72 Å². The molecule has 26 heavy (non-hydrogen) atoms. The van der Waals surface area contributed by atoms with Crippen molar-refractivity contribution in [1.82, 2.24) is 9.88 Å². The largest absolute Gasteiger partial charge is 0.494 e. The number of hydrogen-bond donors (Lipinski definition) is 1. The maximum atomic E-state index is 13.1. The number of aromatic amines is 1. The Morgan fingerprint density at radius 3 is 2.58 bits per heavy atom. The molecule has 0 bridgehead atoms. The third kappa shape index (κ3) is 4.14. The summed E-state index contributed by atoms with van der Waals surface area (Å²) in [6.45, 7) is 6.09. The van der Waals surface area contributed by atoms with Crippen LogP contribution >= 0.6 is 0 Å². The molecular formula is C22H26N2O2. The molecule has 2 aromatic carbocycles. The zero-order valence-electron chi connectivity index (χ0n) is 15.7. The fourth-order valence-electron chi connectivity index (χ4n) is 3.15. The second-order valence-corrected chi connectivity index (χ2v) is 6.77. The van der Waals surface area contributed by atoms with Crippen molar-refractivity contribution in [2.45, 2.75) is 33.4 Å². The Bertz CT molecular complexity index is 932. The number of aromatic nitrogens is 1. The first kappa shape index (κ1) is 18.2. The summed E-state index contributed by atoms with van der Waals surface area (Å²) in [5.41, 5.74) is 3.90. The summed E-state index contributed by atoms with van der Waals surface area (Å²) in [6.07, 6.45) is 0.942. The first-order valence-electron chi connectivity index (χ1n) is 9.09. The molecule has 0 amide bonds. The number of ether oxygens (including phenoxy) is 1. The summed E-state index contributed by atoms with van der Waals surface area (Å²) < 4.78 is 5.69. The lowest BCUT2D eigenvalue weighted by Gasteiger charge is -2.18. The van der Waals surface area contributed by atoms with E-state index in [1.165, 1.54) is 5.56 Å². The highest BCUT2D eigenvalue weighted by Gasteiger charge is 2.12. The molecule has 0 fully saturated rings. The second kappa shape index (κ2) is 8.19. The van der Waals surface area contributed by atoms with E-state index >= 15 is 0 Å². The first-order chi connectivity index (χ1) is 12.6. The van der Waals surface area contributed by atoms with E-state index in [4.69, 9.17) is 4.74 Å². The number of aryl methyl sites for hydroxylation is 1. The van der Waals surface area contributed by atoms with Crippen molar-refractivity contribution < 1.29 is 4.74 Å². The van der Waals surface area contributed by atoms with Crippen LogP contribution in [0.5, 0.6) is 5.75 Å². The quantitative estimate of drug-likeness (QED) is 0.692. The molecule has 0 radical (unpaired) electrons. The van der Waals surface area contributed by atoms with Crippen LogP contribution in [0.15, 0.2) is 53.3 Å². The van der Waals surface area contributed by atoms with Gasteiger partial charge in [0.25, 0.3) is 0 Å². The molecule has 3 rings (SSSR count). The van der Waals surface area contributed by atoms with Gasteiger partial charge in [-0.05, 0) is 44.2 Å². The van der Waals surface area contributed by atoms with Crippen LogP contribution in [0.25, 0.3) is 10.9 Å². The molecule has 1 heterocycles. The molecule has 0 aliphatic rings. The normalized spacial score (nSPS) is 11.2. The number of rotatable bonds is 7. The van der Waals surface area contributed by atoms with Gasteiger partial charge in [-0.15, -0.1) is 0 Å². The molecule has 0 saturated heterocycles. The maximum absolute atomic E-state index is 13.1. The molecule has 4 heteroatoms. The monoisotopic (exact) mass is 350 g/mol. The van der Waals surface area contributed by atoms with Gasteiger partial charge in [0, 0.05) is 35.2 Å². The van der Waals surface area contributed by atoms with Crippen molar-refractivity contribution in [3.63, 3.8) is 0 Å². The Balaban J connectivity index is 1.88. The highest BCUT2D eigenvalue weighted by Crippen LogP contribution is 2.19. The van der Waals surface area contributed by atoms with Crippen molar-refractivity contribution in [1.29, 1.82) is 0 Å². The minimum absolute atomic E-state index is 0.0816. The van der Waals surface area contributed by atoms with Gasteiger partial charge in [-0.3, -0.25) is 9.69 Å². The standard InChI is InChI=1S/C22H26N2O2/c1-4-12-26-18-10-11-21-19(13-18)22(25)20(16(2)23-21)15-24(3)14-17-8-6-5-7-9-17/h5-11,13H,4,12,14-15H2,1-3H3,(H,23,25). The molecule has 1 N–H and O–H groups in total. The minimum Gasteiger partial charge on any atom is -0.494 e. The summed E-state index contributed by atoms with van der Waals surface area (Å²) in [5.74, 6) is 0.747.